The number of carbonyl (C=O) groups excluding carboxylic acids is 1. The molecule has 0 aromatic carbocycles. The predicted octanol–water partition coefficient (Wildman–Crippen LogP) is 3.50. The quantitative estimate of drug-likeness (QED) is 0.806. The third-order valence-electron chi connectivity index (χ3n) is 1.66. The highest BCUT2D eigenvalue weighted by Crippen LogP contribution is 2.33. The zero-order valence-corrected chi connectivity index (χ0v) is 11.1. The lowest BCUT2D eigenvalue weighted by atomic mass is 10.2. The van der Waals surface area contributed by atoms with E-state index in [1.54, 1.807) is 20.8 Å². The number of amides is 1. The van der Waals surface area contributed by atoms with Crippen LogP contribution in [0.5, 0.6) is 0 Å². The fourth-order valence-corrected chi connectivity index (χ4v) is 1.21. The zero-order chi connectivity index (χ0) is 14.8. The molecule has 106 valence electrons. The van der Waals surface area contributed by atoms with E-state index in [2.05, 4.69) is 9.97 Å². The van der Waals surface area contributed by atoms with Crippen molar-refractivity contribution >= 4 is 23.4 Å². The molecule has 0 bridgehead atoms. The van der Waals surface area contributed by atoms with E-state index >= 15 is 0 Å². The molecule has 1 aromatic rings. The van der Waals surface area contributed by atoms with E-state index in [0.717, 1.165) is 6.20 Å². The first-order valence-corrected chi connectivity index (χ1v) is 5.46. The SMILES string of the molecule is CC(C)(C)OC(=O)Nc1cnc(Cl)nc1C(F)(F)F. The molecule has 1 amide bonds. The Morgan fingerprint density at radius 3 is 2.42 bits per heavy atom. The average molecular weight is 298 g/mol. The first-order chi connectivity index (χ1) is 8.49. The highest BCUT2D eigenvalue weighted by molar-refractivity contribution is 6.28. The Kier molecular flexibility index (Phi) is 4.24. The predicted molar refractivity (Wildman–Crippen MR) is 61.9 cm³/mol. The van der Waals surface area contributed by atoms with E-state index in [0.29, 0.717) is 0 Å². The van der Waals surface area contributed by atoms with Gasteiger partial charge in [0.25, 0.3) is 0 Å². The van der Waals surface area contributed by atoms with Gasteiger partial charge in [-0.2, -0.15) is 13.2 Å². The average Bonchev–Trinajstić information content (AvgIpc) is 2.16. The number of hydrogen-bond acceptors (Lipinski definition) is 4. The Hall–Kier alpha value is -1.57. The third-order valence-corrected chi connectivity index (χ3v) is 1.85. The summed E-state index contributed by atoms with van der Waals surface area (Å²) in [4.78, 5) is 17.8. The summed E-state index contributed by atoms with van der Waals surface area (Å²) in [5, 5.41) is 1.37. The standard InChI is InChI=1S/C10H11ClF3N3O2/c1-9(2,3)19-8(18)16-5-4-15-7(11)17-6(5)10(12,13)14/h4H,1-3H3,(H,16,18). The molecule has 0 saturated carbocycles. The van der Waals surface area contributed by atoms with Gasteiger partial charge in [0, 0.05) is 0 Å². The minimum atomic E-state index is -4.77. The molecule has 0 aliphatic heterocycles. The number of carbonyl (C=O) groups is 1. The van der Waals surface area contributed by atoms with Gasteiger partial charge < -0.3 is 4.74 Å². The van der Waals surface area contributed by atoms with Gasteiger partial charge in [0.15, 0.2) is 5.69 Å². The van der Waals surface area contributed by atoms with E-state index in [9.17, 15) is 18.0 Å². The van der Waals surface area contributed by atoms with Gasteiger partial charge in [-0.1, -0.05) is 0 Å². The smallest absolute Gasteiger partial charge is 0.435 e. The van der Waals surface area contributed by atoms with Crippen molar-refractivity contribution in [3.8, 4) is 0 Å². The van der Waals surface area contributed by atoms with Crippen molar-refractivity contribution in [1.82, 2.24) is 9.97 Å². The summed E-state index contributed by atoms with van der Waals surface area (Å²) in [7, 11) is 0. The van der Waals surface area contributed by atoms with E-state index in [-0.39, 0.29) is 0 Å². The number of anilines is 1. The Labute approximate surface area is 112 Å². The molecule has 1 heterocycles. The number of rotatable bonds is 1. The molecule has 0 aliphatic rings. The molecule has 0 unspecified atom stereocenters. The lowest BCUT2D eigenvalue weighted by Gasteiger charge is -2.20. The van der Waals surface area contributed by atoms with Crippen LogP contribution in [-0.4, -0.2) is 21.7 Å². The number of nitrogens with zero attached hydrogens (tertiary/aromatic N) is 2. The van der Waals surface area contributed by atoms with Gasteiger partial charge in [0.2, 0.25) is 5.28 Å². The highest BCUT2D eigenvalue weighted by Gasteiger charge is 2.37. The lowest BCUT2D eigenvalue weighted by Crippen LogP contribution is -2.28. The fourth-order valence-electron chi connectivity index (χ4n) is 1.08. The minimum absolute atomic E-state index is 0.568. The molecule has 0 spiro atoms. The molecule has 0 saturated heterocycles. The number of nitrogens with one attached hydrogen (secondary N) is 1. The van der Waals surface area contributed by atoms with Crippen molar-refractivity contribution in [2.75, 3.05) is 5.32 Å². The molecule has 9 heteroatoms. The van der Waals surface area contributed by atoms with Gasteiger partial charge in [0.05, 0.1) is 11.9 Å². The van der Waals surface area contributed by atoms with Crippen LogP contribution < -0.4 is 5.32 Å². The van der Waals surface area contributed by atoms with Gasteiger partial charge in [-0.15, -0.1) is 0 Å². The van der Waals surface area contributed by atoms with Crippen LogP contribution in [0.15, 0.2) is 6.20 Å². The largest absolute Gasteiger partial charge is 0.444 e. The second kappa shape index (κ2) is 5.20. The number of hydrogen-bond donors (Lipinski definition) is 1. The van der Waals surface area contributed by atoms with Crippen LogP contribution in [0.25, 0.3) is 0 Å². The third kappa shape index (κ3) is 4.90. The van der Waals surface area contributed by atoms with Gasteiger partial charge in [-0.05, 0) is 32.4 Å². The van der Waals surface area contributed by atoms with Gasteiger partial charge in [-0.3, -0.25) is 5.32 Å². The summed E-state index contributed by atoms with van der Waals surface area (Å²) in [6, 6.07) is 0. The van der Waals surface area contributed by atoms with Crippen molar-refractivity contribution in [3.63, 3.8) is 0 Å². The normalized spacial score (nSPS) is 12.2. The van der Waals surface area contributed by atoms with Crippen molar-refractivity contribution in [1.29, 1.82) is 0 Å². The van der Waals surface area contributed by atoms with E-state index in [1.807, 2.05) is 5.32 Å². The van der Waals surface area contributed by atoms with Crippen LogP contribution >= 0.6 is 11.6 Å². The van der Waals surface area contributed by atoms with Crippen LogP contribution in [0.2, 0.25) is 5.28 Å². The molecule has 1 aromatic heterocycles. The van der Waals surface area contributed by atoms with Crippen LogP contribution in [0.3, 0.4) is 0 Å². The summed E-state index contributed by atoms with van der Waals surface area (Å²) in [5.41, 5.74) is -2.79. The molecule has 19 heavy (non-hydrogen) atoms. The number of aromatic nitrogens is 2. The van der Waals surface area contributed by atoms with Gasteiger partial charge in [0.1, 0.15) is 5.60 Å². The monoisotopic (exact) mass is 297 g/mol. The second-order valence-corrected chi connectivity index (χ2v) is 4.86. The molecule has 0 atom stereocenters. The molecule has 1 N–H and O–H groups in total. The summed E-state index contributed by atoms with van der Waals surface area (Å²) in [5.74, 6) is 0. The van der Waals surface area contributed by atoms with Crippen molar-refractivity contribution < 1.29 is 22.7 Å². The zero-order valence-electron chi connectivity index (χ0n) is 10.3. The maximum atomic E-state index is 12.7. The highest BCUT2D eigenvalue weighted by atomic mass is 35.5. The maximum Gasteiger partial charge on any atom is 0.435 e. The van der Waals surface area contributed by atoms with Crippen LogP contribution in [0.4, 0.5) is 23.7 Å². The first kappa shape index (κ1) is 15.5. The molecule has 0 aliphatic carbocycles. The van der Waals surface area contributed by atoms with Crippen LogP contribution in [0, 0.1) is 0 Å². The first-order valence-electron chi connectivity index (χ1n) is 5.09. The molecule has 1 rings (SSSR count). The number of ether oxygens (including phenoxy) is 1. The fraction of sp³-hybridized carbons (Fsp3) is 0.500. The van der Waals surface area contributed by atoms with Gasteiger partial charge >= 0.3 is 12.3 Å². The molecule has 5 nitrogen and oxygen atoms in total. The topological polar surface area (TPSA) is 64.1 Å². The number of alkyl halides is 3. The van der Waals surface area contributed by atoms with Crippen molar-refractivity contribution in [2.24, 2.45) is 0 Å². The van der Waals surface area contributed by atoms with Gasteiger partial charge in [-0.25, -0.2) is 14.8 Å². The van der Waals surface area contributed by atoms with Crippen molar-refractivity contribution in [2.45, 2.75) is 32.5 Å². The molecule has 0 fully saturated rings. The van der Waals surface area contributed by atoms with Crippen molar-refractivity contribution in [3.05, 3.63) is 17.2 Å². The summed E-state index contributed by atoms with van der Waals surface area (Å²) in [6.07, 6.45) is -5.04. The Morgan fingerprint density at radius 2 is 1.95 bits per heavy atom. The second-order valence-electron chi connectivity index (χ2n) is 4.53. The van der Waals surface area contributed by atoms with Crippen LogP contribution in [-0.2, 0) is 10.9 Å². The lowest BCUT2D eigenvalue weighted by molar-refractivity contribution is -0.140. The number of halogens is 4. The summed E-state index contributed by atoms with van der Waals surface area (Å²) >= 11 is 5.30. The Morgan fingerprint density at radius 1 is 1.37 bits per heavy atom. The van der Waals surface area contributed by atoms with E-state index < -0.39 is 34.5 Å². The Bertz CT molecular complexity index is 486. The summed E-state index contributed by atoms with van der Waals surface area (Å²) < 4.78 is 42.9. The van der Waals surface area contributed by atoms with Crippen LogP contribution in [0.1, 0.15) is 26.5 Å². The molecular weight excluding hydrogens is 287 g/mol. The maximum absolute atomic E-state index is 12.7. The van der Waals surface area contributed by atoms with E-state index in [1.165, 1.54) is 0 Å². The molecule has 0 radical (unpaired) electrons. The van der Waals surface area contributed by atoms with E-state index in [4.69, 9.17) is 16.3 Å². The minimum Gasteiger partial charge on any atom is -0.444 e. The summed E-state index contributed by atoms with van der Waals surface area (Å²) in [6.45, 7) is 4.74. The molecular formula is C10H11ClF3N3O2. The Balaban J connectivity index is 2.99.